The Bertz CT molecular complexity index is 670. The summed E-state index contributed by atoms with van der Waals surface area (Å²) in [5, 5.41) is 2.84. The molecule has 0 N–H and O–H groups in total. The summed E-state index contributed by atoms with van der Waals surface area (Å²) in [5.74, 6) is 0.0845. The first-order valence-electron chi connectivity index (χ1n) is 7.54. The summed E-state index contributed by atoms with van der Waals surface area (Å²) < 4.78 is 0. The molecule has 0 aliphatic rings. The van der Waals surface area contributed by atoms with Crippen molar-refractivity contribution in [2.45, 2.75) is 13.8 Å². The summed E-state index contributed by atoms with van der Waals surface area (Å²) >= 11 is 0. The fourth-order valence-electron chi connectivity index (χ4n) is 2.28. The highest BCUT2D eigenvalue weighted by molar-refractivity contribution is 6.60. The summed E-state index contributed by atoms with van der Waals surface area (Å²) in [4.78, 5) is 14.5. The molecule has 0 heterocycles. The fourth-order valence-corrected chi connectivity index (χ4v) is 3.60. The second kappa shape index (κ2) is 7.23. The van der Waals surface area contributed by atoms with Crippen LogP contribution in [-0.2, 0) is 0 Å². The molecule has 22 heavy (non-hydrogen) atoms. The molecule has 2 aromatic rings. The minimum Gasteiger partial charge on any atom is -0.378 e. The minimum atomic E-state index is -0.361. The Morgan fingerprint density at radius 3 is 1.91 bits per heavy atom. The number of hydrogen-bond donors (Lipinski definition) is 0. The predicted octanol–water partition coefficient (Wildman–Crippen LogP) is 2.70. The number of hydrogen-bond acceptors (Lipinski definition) is 2. The minimum absolute atomic E-state index is 0.0845. The Balaban J connectivity index is 2.15. The van der Waals surface area contributed by atoms with Crippen LogP contribution in [0.2, 0.25) is 0 Å². The van der Waals surface area contributed by atoms with Gasteiger partial charge in [0.1, 0.15) is 0 Å². The van der Waals surface area contributed by atoms with Gasteiger partial charge in [0.2, 0.25) is 0 Å². The number of carbonyl (C=O) groups excluding carboxylic acids is 1. The quantitative estimate of drug-likeness (QED) is 0.625. The zero-order valence-electron chi connectivity index (χ0n) is 13.8. The average molecular weight is 309 g/mol. The van der Waals surface area contributed by atoms with E-state index in [-0.39, 0.29) is 15.3 Å². The van der Waals surface area contributed by atoms with E-state index in [2.05, 4.69) is 32.1 Å². The van der Waals surface area contributed by atoms with Crippen LogP contribution in [0.3, 0.4) is 0 Å². The Morgan fingerprint density at radius 1 is 0.955 bits per heavy atom. The Morgan fingerprint density at radius 2 is 1.45 bits per heavy atom. The van der Waals surface area contributed by atoms with E-state index < -0.39 is 0 Å². The van der Waals surface area contributed by atoms with Crippen LogP contribution in [0.5, 0.6) is 0 Å². The van der Waals surface area contributed by atoms with Gasteiger partial charge in [-0.05, 0) is 38.1 Å². The molecular weight excluding hydrogens is 286 g/mol. The maximum absolute atomic E-state index is 12.5. The van der Waals surface area contributed by atoms with Gasteiger partial charge in [-0.15, -0.1) is 0 Å². The topological polar surface area (TPSA) is 20.3 Å². The maximum Gasteiger partial charge on any atom is 0.193 e. The summed E-state index contributed by atoms with van der Waals surface area (Å²) in [5.41, 5.74) is 2.59. The second-order valence-corrected chi connectivity index (χ2v) is 8.06. The Hall–Kier alpha value is -2.13. The van der Waals surface area contributed by atoms with Gasteiger partial charge in [0.05, 0.1) is 9.52 Å². The van der Waals surface area contributed by atoms with Gasteiger partial charge in [-0.3, -0.25) is 4.79 Å². The zero-order chi connectivity index (χ0) is 16.1. The first-order valence-corrected chi connectivity index (χ1v) is 8.95. The predicted molar refractivity (Wildman–Crippen MR) is 98.3 cm³/mol. The van der Waals surface area contributed by atoms with Gasteiger partial charge in [-0.25, -0.2) is 0 Å². The highest BCUT2D eigenvalue weighted by Gasteiger charge is 2.09. The summed E-state index contributed by atoms with van der Waals surface area (Å²) in [6, 6.07) is 15.8. The molecule has 114 valence electrons. The molecule has 2 rings (SSSR count). The van der Waals surface area contributed by atoms with E-state index in [0.29, 0.717) is 0 Å². The van der Waals surface area contributed by atoms with E-state index in [9.17, 15) is 4.79 Å². The van der Waals surface area contributed by atoms with Gasteiger partial charge < -0.3 is 4.90 Å². The number of carbonyl (C=O) groups is 1. The number of benzene rings is 2. The van der Waals surface area contributed by atoms with Gasteiger partial charge in [0, 0.05) is 30.9 Å². The fraction of sp³-hybridized carbons (Fsp3) is 0.211. The molecule has 2 aromatic carbocycles. The van der Waals surface area contributed by atoms with Gasteiger partial charge in [0.15, 0.2) is 5.78 Å². The van der Waals surface area contributed by atoms with Gasteiger partial charge in [-0.2, -0.15) is 0 Å². The van der Waals surface area contributed by atoms with Crippen molar-refractivity contribution in [3.05, 3.63) is 70.9 Å². The third kappa shape index (κ3) is 3.95. The van der Waals surface area contributed by atoms with E-state index in [0.717, 1.165) is 16.8 Å². The number of rotatable bonds is 5. The van der Waals surface area contributed by atoms with E-state index in [1.54, 1.807) is 0 Å². The van der Waals surface area contributed by atoms with Crippen molar-refractivity contribution in [2.24, 2.45) is 0 Å². The molecule has 0 saturated carbocycles. The molecule has 0 spiro atoms. The van der Waals surface area contributed by atoms with Crippen molar-refractivity contribution < 1.29 is 4.79 Å². The molecular formula is C19H23NOSi. The van der Waals surface area contributed by atoms with Crippen molar-refractivity contribution >= 4 is 26.2 Å². The number of anilines is 1. The molecule has 2 nitrogen and oxygen atoms in total. The Labute approximate surface area is 135 Å². The van der Waals surface area contributed by atoms with Crippen LogP contribution < -0.4 is 10.1 Å². The third-order valence-electron chi connectivity index (χ3n) is 3.84. The van der Waals surface area contributed by atoms with E-state index in [4.69, 9.17) is 0 Å². The molecule has 0 atom stereocenters. The van der Waals surface area contributed by atoms with Crippen LogP contribution in [-0.4, -0.2) is 29.4 Å². The van der Waals surface area contributed by atoms with Crippen LogP contribution in [0.15, 0.2) is 59.8 Å². The van der Waals surface area contributed by atoms with Crippen molar-refractivity contribution in [2.75, 3.05) is 19.0 Å². The van der Waals surface area contributed by atoms with Gasteiger partial charge in [-0.1, -0.05) is 40.7 Å². The number of ketones is 1. The van der Waals surface area contributed by atoms with E-state index in [1.807, 2.05) is 55.4 Å². The molecule has 0 amide bonds. The summed E-state index contributed by atoms with van der Waals surface area (Å²) in [7, 11) is 3.62. The summed E-state index contributed by atoms with van der Waals surface area (Å²) in [6.45, 7) is 4.26. The normalized spacial score (nSPS) is 11.9. The molecule has 3 heteroatoms. The largest absolute Gasteiger partial charge is 0.378 e. The van der Waals surface area contributed by atoms with Crippen LogP contribution in [0.4, 0.5) is 5.69 Å². The molecule has 0 bridgehead atoms. The first kappa shape index (κ1) is 16.2. The molecule has 0 aliphatic carbocycles. The first-order chi connectivity index (χ1) is 10.5. The standard InChI is InChI=1S/C19H23NOSi/c1-5-14(2)22-18-12-8-16(9-13-18)19(21)15-6-10-17(11-7-15)20(3)4/h5-13H,22H2,1-4H3. The lowest BCUT2D eigenvalue weighted by molar-refractivity contribution is 0.103. The second-order valence-electron chi connectivity index (χ2n) is 5.78. The van der Waals surface area contributed by atoms with Crippen molar-refractivity contribution in [1.29, 1.82) is 0 Å². The monoisotopic (exact) mass is 309 g/mol. The highest BCUT2D eigenvalue weighted by Crippen LogP contribution is 2.15. The smallest absolute Gasteiger partial charge is 0.193 e. The molecule has 0 radical (unpaired) electrons. The molecule has 0 aromatic heterocycles. The lowest BCUT2D eigenvalue weighted by atomic mass is 10.0. The van der Waals surface area contributed by atoms with Gasteiger partial charge >= 0.3 is 0 Å². The van der Waals surface area contributed by atoms with E-state index in [1.165, 1.54) is 10.4 Å². The maximum atomic E-state index is 12.5. The van der Waals surface area contributed by atoms with Crippen molar-refractivity contribution in [3.63, 3.8) is 0 Å². The van der Waals surface area contributed by atoms with Crippen molar-refractivity contribution in [3.8, 4) is 0 Å². The number of allylic oxidation sites excluding steroid dienone is 2. The average Bonchev–Trinajstić information content (AvgIpc) is 2.55. The van der Waals surface area contributed by atoms with Crippen molar-refractivity contribution in [1.82, 2.24) is 0 Å². The molecule has 0 fully saturated rings. The SMILES string of the molecule is CC=C(C)[SiH2]c1ccc(C(=O)c2ccc(N(C)C)cc2)cc1. The third-order valence-corrected chi connectivity index (χ3v) is 5.68. The molecule has 0 aliphatic heterocycles. The summed E-state index contributed by atoms with van der Waals surface area (Å²) in [6.07, 6.45) is 2.18. The highest BCUT2D eigenvalue weighted by atomic mass is 28.2. The van der Waals surface area contributed by atoms with Crippen LogP contribution >= 0.6 is 0 Å². The van der Waals surface area contributed by atoms with Crippen LogP contribution in [0, 0.1) is 0 Å². The molecule has 0 unspecified atom stereocenters. The number of nitrogens with zero attached hydrogens (tertiary/aromatic N) is 1. The lowest BCUT2D eigenvalue weighted by Gasteiger charge is -2.12. The zero-order valence-corrected chi connectivity index (χ0v) is 15.2. The van der Waals surface area contributed by atoms with Gasteiger partial charge in [0.25, 0.3) is 0 Å². The van der Waals surface area contributed by atoms with E-state index >= 15 is 0 Å². The lowest BCUT2D eigenvalue weighted by Crippen LogP contribution is -2.15. The Kier molecular flexibility index (Phi) is 5.34. The molecule has 0 saturated heterocycles. The van der Waals surface area contributed by atoms with Crippen LogP contribution in [0.1, 0.15) is 29.8 Å². The van der Waals surface area contributed by atoms with Crippen LogP contribution in [0.25, 0.3) is 0 Å².